The molecule has 0 aromatic heterocycles. The van der Waals surface area contributed by atoms with Gasteiger partial charge < -0.3 is 5.32 Å². The number of nitrogens with zero attached hydrogens (tertiary/aromatic N) is 2. The van der Waals surface area contributed by atoms with Crippen molar-refractivity contribution in [3.05, 3.63) is 34.3 Å². The molecule has 0 bridgehead atoms. The van der Waals surface area contributed by atoms with Crippen molar-refractivity contribution < 1.29 is 0 Å². The summed E-state index contributed by atoms with van der Waals surface area (Å²) in [7, 11) is 0. The molecule has 2 aliphatic heterocycles. The quantitative estimate of drug-likeness (QED) is 0.909. The van der Waals surface area contributed by atoms with E-state index in [1.165, 1.54) is 37.3 Å². The summed E-state index contributed by atoms with van der Waals surface area (Å²) in [5, 5.41) is 4.26. The normalized spacial score (nSPS) is 22.4. The van der Waals surface area contributed by atoms with Gasteiger partial charge in [-0.2, -0.15) is 0 Å². The van der Waals surface area contributed by atoms with Gasteiger partial charge in [0, 0.05) is 56.9 Å². The van der Waals surface area contributed by atoms with Gasteiger partial charge in [0.2, 0.25) is 0 Å². The number of nitrogens with one attached hydrogen (secondary N) is 1. The average Bonchev–Trinajstić information content (AvgIpc) is 2.33. The maximum Gasteiger partial charge on any atom is 0.0453 e. The summed E-state index contributed by atoms with van der Waals surface area (Å²) in [6.07, 6.45) is 0. The van der Waals surface area contributed by atoms with Crippen molar-refractivity contribution in [2.45, 2.75) is 19.5 Å². The van der Waals surface area contributed by atoms with Gasteiger partial charge in [0.15, 0.2) is 0 Å². The van der Waals surface area contributed by atoms with Crippen LogP contribution in [0.4, 0.5) is 0 Å². The fraction of sp³-hybridized carbons (Fsp3) is 0.600. The number of halogens is 1. The van der Waals surface area contributed by atoms with E-state index in [1.807, 2.05) is 0 Å². The first-order valence-corrected chi connectivity index (χ1v) is 7.52. The van der Waals surface area contributed by atoms with E-state index >= 15 is 0 Å². The lowest BCUT2D eigenvalue weighted by Crippen LogP contribution is -2.61. The van der Waals surface area contributed by atoms with Crippen LogP contribution >= 0.6 is 11.6 Å². The fourth-order valence-electron chi connectivity index (χ4n) is 2.84. The number of piperazine rings is 1. The molecule has 0 saturated carbocycles. The number of hydrogen-bond donors (Lipinski definition) is 1. The Kier molecular flexibility index (Phi) is 4.08. The minimum absolute atomic E-state index is 0.783. The molecule has 0 unspecified atom stereocenters. The van der Waals surface area contributed by atoms with Crippen LogP contribution in [0.2, 0.25) is 5.02 Å². The van der Waals surface area contributed by atoms with Crippen molar-refractivity contribution in [1.82, 2.24) is 15.1 Å². The fourth-order valence-corrected chi connectivity index (χ4v) is 3.13. The van der Waals surface area contributed by atoms with Crippen LogP contribution in [-0.2, 0) is 6.54 Å². The Bertz CT molecular complexity index is 437. The lowest BCUT2D eigenvalue weighted by Gasteiger charge is -2.43. The lowest BCUT2D eigenvalue weighted by molar-refractivity contribution is 0.0696. The first-order valence-electron chi connectivity index (χ1n) is 7.14. The van der Waals surface area contributed by atoms with Gasteiger partial charge in [-0.1, -0.05) is 23.7 Å². The molecule has 0 amide bonds. The smallest absolute Gasteiger partial charge is 0.0453 e. The molecule has 2 fully saturated rings. The van der Waals surface area contributed by atoms with Crippen molar-refractivity contribution in [2.75, 3.05) is 39.3 Å². The summed E-state index contributed by atoms with van der Waals surface area (Å²) in [5.74, 6) is 0. The van der Waals surface area contributed by atoms with Crippen LogP contribution in [0.1, 0.15) is 11.1 Å². The summed E-state index contributed by atoms with van der Waals surface area (Å²) in [6.45, 7) is 10.1. The van der Waals surface area contributed by atoms with Crippen molar-refractivity contribution in [2.24, 2.45) is 0 Å². The molecule has 2 saturated heterocycles. The van der Waals surface area contributed by atoms with Gasteiger partial charge in [-0.25, -0.2) is 0 Å². The summed E-state index contributed by atoms with van der Waals surface area (Å²) in [6, 6.07) is 7.16. The molecule has 104 valence electrons. The Balaban J connectivity index is 1.54. The summed E-state index contributed by atoms with van der Waals surface area (Å²) >= 11 is 6.31. The molecular formula is C15H22ClN3. The Morgan fingerprint density at radius 2 is 1.95 bits per heavy atom. The highest BCUT2D eigenvalue weighted by Crippen LogP contribution is 2.20. The Hall–Kier alpha value is -0.610. The van der Waals surface area contributed by atoms with Crippen molar-refractivity contribution >= 4 is 11.6 Å². The molecule has 1 aromatic rings. The second-order valence-electron chi connectivity index (χ2n) is 5.72. The predicted octanol–water partition coefficient (Wildman–Crippen LogP) is 1.74. The van der Waals surface area contributed by atoms with Gasteiger partial charge in [-0.05, 0) is 24.1 Å². The predicted molar refractivity (Wildman–Crippen MR) is 79.7 cm³/mol. The van der Waals surface area contributed by atoms with Gasteiger partial charge in [-0.3, -0.25) is 9.80 Å². The maximum atomic E-state index is 6.31. The standard InChI is InChI=1S/C15H22ClN3/c1-12-2-3-13(15(16)8-12)11-18-4-6-19(7-5-18)14-9-17-10-14/h2-3,8,14,17H,4-7,9-11H2,1H3. The number of benzene rings is 1. The van der Waals surface area contributed by atoms with E-state index < -0.39 is 0 Å². The SMILES string of the molecule is Cc1ccc(CN2CCN(C3CNC3)CC2)c(Cl)c1. The van der Waals surface area contributed by atoms with Crippen LogP contribution in [0.3, 0.4) is 0 Å². The van der Waals surface area contributed by atoms with E-state index in [0.29, 0.717) is 0 Å². The largest absolute Gasteiger partial charge is 0.314 e. The lowest BCUT2D eigenvalue weighted by atomic mass is 10.1. The van der Waals surface area contributed by atoms with Crippen molar-refractivity contribution in [1.29, 1.82) is 0 Å². The molecular weight excluding hydrogens is 258 g/mol. The number of hydrogen-bond acceptors (Lipinski definition) is 3. The molecule has 3 rings (SSSR count). The molecule has 3 nitrogen and oxygen atoms in total. The Morgan fingerprint density at radius 3 is 2.53 bits per heavy atom. The molecule has 2 aliphatic rings. The third kappa shape index (κ3) is 3.11. The Morgan fingerprint density at radius 1 is 1.21 bits per heavy atom. The highest BCUT2D eigenvalue weighted by molar-refractivity contribution is 6.31. The molecule has 2 heterocycles. The van der Waals surface area contributed by atoms with E-state index in [9.17, 15) is 0 Å². The summed E-state index contributed by atoms with van der Waals surface area (Å²) < 4.78 is 0. The van der Waals surface area contributed by atoms with E-state index in [2.05, 4.69) is 40.2 Å². The molecule has 4 heteroatoms. The van der Waals surface area contributed by atoms with Crippen LogP contribution in [0.25, 0.3) is 0 Å². The van der Waals surface area contributed by atoms with Crippen LogP contribution in [0, 0.1) is 6.92 Å². The minimum Gasteiger partial charge on any atom is -0.314 e. The van der Waals surface area contributed by atoms with Gasteiger partial charge in [-0.15, -0.1) is 0 Å². The van der Waals surface area contributed by atoms with Crippen molar-refractivity contribution in [3.63, 3.8) is 0 Å². The third-order valence-electron chi connectivity index (χ3n) is 4.29. The monoisotopic (exact) mass is 279 g/mol. The molecule has 0 spiro atoms. The number of rotatable bonds is 3. The number of aryl methyl sites for hydroxylation is 1. The zero-order valence-electron chi connectivity index (χ0n) is 11.5. The Labute approximate surface area is 120 Å². The molecule has 1 aromatic carbocycles. The second kappa shape index (κ2) is 5.80. The van der Waals surface area contributed by atoms with Gasteiger partial charge in [0.25, 0.3) is 0 Å². The maximum absolute atomic E-state index is 6.31. The second-order valence-corrected chi connectivity index (χ2v) is 6.13. The summed E-state index contributed by atoms with van der Waals surface area (Å²) in [5.41, 5.74) is 2.49. The highest BCUT2D eigenvalue weighted by atomic mass is 35.5. The van der Waals surface area contributed by atoms with Crippen LogP contribution in [0.15, 0.2) is 18.2 Å². The zero-order valence-corrected chi connectivity index (χ0v) is 12.3. The molecule has 19 heavy (non-hydrogen) atoms. The third-order valence-corrected chi connectivity index (χ3v) is 4.64. The van der Waals surface area contributed by atoms with Crippen LogP contribution in [0.5, 0.6) is 0 Å². The molecule has 0 radical (unpaired) electrons. The minimum atomic E-state index is 0.783. The van der Waals surface area contributed by atoms with Gasteiger partial charge in [0.05, 0.1) is 0 Å². The molecule has 0 aliphatic carbocycles. The first kappa shape index (κ1) is 13.4. The van der Waals surface area contributed by atoms with E-state index in [4.69, 9.17) is 11.6 Å². The van der Waals surface area contributed by atoms with Gasteiger partial charge in [0.1, 0.15) is 0 Å². The topological polar surface area (TPSA) is 18.5 Å². The van der Waals surface area contributed by atoms with Crippen molar-refractivity contribution in [3.8, 4) is 0 Å². The molecule has 0 atom stereocenters. The van der Waals surface area contributed by atoms with E-state index in [0.717, 1.165) is 30.7 Å². The van der Waals surface area contributed by atoms with E-state index in [1.54, 1.807) is 0 Å². The van der Waals surface area contributed by atoms with E-state index in [-0.39, 0.29) is 0 Å². The first-order chi connectivity index (χ1) is 9.22. The average molecular weight is 280 g/mol. The van der Waals surface area contributed by atoms with Crippen LogP contribution in [-0.4, -0.2) is 55.1 Å². The highest BCUT2D eigenvalue weighted by Gasteiger charge is 2.27. The van der Waals surface area contributed by atoms with Crippen LogP contribution < -0.4 is 5.32 Å². The molecule has 1 N–H and O–H groups in total. The summed E-state index contributed by atoms with van der Waals surface area (Å²) in [4.78, 5) is 5.13. The van der Waals surface area contributed by atoms with Gasteiger partial charge >= 0.3 is 0 Å². The zero-order chi connectivity index (χ0) is 13.2.